The highest BCUT2D eigenvalue weighted by Gasteiger charge is 2.38. The SMILES string of the molecule is COC(=O)C(C)(C)Cc1c(C(=O)C(C)(C)C)c2cc(C(C)C)ccn2c1C(=O)c1cccc(C#N)c1. The van der Waals surface area contributed by atoms with Crippen molar-refractivity contribution in [3.8, 4) is 6.07 Å². The average Bonchev–Trinajstić information content (AvgIpc) is 3.13. The van der Waals surface area contributed by atoms with Crippen LogP contribution < -0.4 is 0 Å². The van der Waals surface area contributed by atoms with Crippen LogP contribution in [0.2, 0.25) is 0 Å². The summed E-state index contributed by atoms with van der Waals surface area (Å²) in [7, 11) is 1.33. The number of benzene rings is 1. The third kappa shape index (κ3) is 4.97. The fourth-order valence-electron chi connectivity index (χ4n) is 4.39. The summed E-state index contributed by atoms with van der Waals surface area (Å²) < 4.78 is 6.80. The van der Waals surface area contributed by atoms with E-state index < -0.39 is 16.8 Å². The minimum Gasteiger partial charge on any atom is -0.469 e. The van der Waals surface area contributed by atoms with E-state index in [2.05, 4.69) is 19.9 Å². The second-order valence-electron chi connectivity index (χ2n) is 11.2. The molecule has 0 radical (unpaired) electrons. The number of ether oxygens (including phenoxy) is 1. The first-order chi connectivity index (χ1) is 16.7. The molecule has 0 unspecified atom stereocenters. The Morgan fingerprint density at radius 3 is 2.28 bits per heavy atom. The number of nitrogens with zero attached hydrogens (tertiary/aromatic N) is 2. The molecular weight excluding hydrogens is 452 g/mol. The molecule has 0 aliphatic carbocycles. The number of carbonyl (C=O) groups is 3. The molecule has 2 aromatic heterocycles. The van der Waals surface area contributed by atoms with Crippen molar-refractivity contribution in [2.24, 2.45) is 10.8 Å². The molecule has 0 saturated heterocycles. The van der Waals surface area contributed by atoms with Crippen LogP contribution in [-0.4, -0.2) is 29.0 Å². The van der Waals surface area contributed by atoms with Crippen LogP contribution in [0.5, 0.6) is 0 Å². The minimum atomic E-state index is -0.989. The number of Topliss-reactive ketones (excluding diaryl/α,β-unsaturated/α-hetero) is 1. The van der Waals surface area contributed by atoms with Crippen molar-refractivity contribution in [2.45, 2.75) is 60.8 Å². The summed E-state index contributed by atoms with van der Waals surface area (Å²) in [5, 5.41) is 9.37. The number of hydrogen-bond donors (Lipinski definition) is 0. The monoisotopic (exact) mass is 486 g/mol. The van der Waals surface area contributed by atoms with Crippen molar-refractivity contribution in [2.75, 3.05) is 7.11 Å². The van der Waals surface area contributed by atoms with Gasteiger partial charge in [0, 0.05) is 22.7 Å². The van der Waals surface area contributed by atoms with Gasteiger partial charge in [-0.2, -0.15) is 5.26 Å². The minimum absolute atomic E-state index is 0.110. The lowest BCUT2D eigenvalue weighted by molar-refractivity contribution is -0.150. The van der Waals surface area contributed by atoms with Gasteiger partial charge in [0.1, 0.15) is 0 Å². The van der Waals surface area contributed by atoms with Gasteiger partial charge in [-0.25, -0.2) is 0 Å². The number of rotatable bonds is 7. The van der Waals surface area contributed by atoms with Crippen LogP contribution in [0.3, 0.4) is 0 Å². The Morgan fingerprint density at radius 1 is 1.06 bits per heavy atom. The summed E-state index contributed by atoms with van der Waals surface area (Å²) in [6, 6.07) is 12.5. The van der Waals surface area contributed by atoms with Gasteiger partial charge >= 0.3 is 5.97 Å². The first-order valence-electron chi connectivity index (χ1n) is 12.1. The number of aromatic nitrogens is 1. The Morgan fingerprint density at radius 2 is 1.72 bits per heavy atom. The topological polar surface area (TPSA) is 88.6 Å². The maximum atomic E-state index is 14.0. The molecule has 2 heterocycles. The van der Waals surface area contributed by atoms with E-state index in [1.54, 1.807) is 42.5 Å². The molecule has 3 aromatic rings. The van der Waals surface area contributed by atoms with E-state index in [1.165, 1.54) is 7.11 Å². The highest BCUT2D eigenvalue weighted by Crippen LogP contribution is 2.37. The lowest BCUT2D eigenvalue weighted by atomic mass is 9.79. The van der Waals surface area contributed by atoms with E-state index in [0.29, 0.717) is 33.5 Å². The Balaban J connectivity index is 2.46. The number of carbonyl (C=O) groups excluding carboxylic acids is 3. The van der Waals surface area contributed by atoms with Crippen molar-refractivity contribution < 1.29 is 19.1 Å². The third-order valence-electron chi connectivity index (χ3n) is 6.46. The van der Waals surface area contributed by atoms with Crippen molar-refractivity contribution in [1.29, 1.82) is 5.26 Å². The molecule has 6 nitrogen and oxygen atoms in total. The van der Waals surface area contributed by atoms with Crippen LogP contribution in [0.4, 0.5) is 0 Å². The molecule has 0 N–H and O–H groups in total. The molecule has 0 aliphatic heterocycles. The van der Waals surface area contributed by atoms with Crippen molar-refractivity contribution in [3.05, 3.63) is 76.1 Å². The second-order valence-corrected chi connectivity index (χ2v) is 11.2. The number of ketones is 2. The second kappa shape index (κ2) is 9.73. The van der Waals surface area contributed by atoms with Gasteiger partial charge < -0.3 is 9.14 Å². The summed E-state index contributed by atoms with van der Waals surface area (Å²) in [6.45, 7) is 13.2. The Kier molecular flexibility index (Phi) is 7.27. The maximum absolute atomic E-state index is 14.0. The van der Waals surface area contributed by atoms with E-state index in [0.717, 1.165) is 5.56 Å². The summed E-state index contributed by atoms with van der Waals surface area (Å²) in [6.07, 6.45) is 1.95. The molecule has 0 bridgehead atoms. The number of nitriles is 1. The fourth-order valence-corrected chi connectivity index (χ4v) is 4.39. The Hall–Kier alpha value is -3.72. The third-order valence-corrected chi connectivity index (χ3v) is 6.46. The highest BCUT2D eigenvalue weighted by molar-refractivity contribution is 6.15. The van der Waals surface area contributed by atoms with Crippen LogP contribution in [0.1, 0.15) is 97.5 Å². The average molecular weight is 487 g/mol. The van der Waals surface area contributed by atoms with Crippen molar-refractivity contribution in [3.63, 3.8) is 0 Å². The van der Waals surface area contributed by atoms with Crippen LogP contribution >= 0.6 is 0 Å². The zero-order valence-corrected chi connectivity index (χ0v) is 22.4. The van der Waals surface area contributed by atoms with Gasteiger partial charge in [0.05, 0.1) is 35.4 Å². The first-order valence-corrected chi connectivity index (χ1v) is 12.1. The number of methoxy groups -OCH3 is 1. The van der Waals surface area contributed by atoms with Gasteiger partial charge in [0.15, 0.2) is 5.78 Å². The predicted octanol–water partition coefficient (Wildman–Crippen LogP) is 6.14. The van der Waals surface area contributed by atoms with Gasteiger partial charge in [-0.3, -0.25) is 14.4 Å². The molecule has 0 aliphatic rings. The normalized spacial score (nSPS) is 12.0. The largest absolute Gasteiger partial charge is 0.469 e. The van der Waals surface area contributed by atoms with Crippen LogP contribution in [-0.2, 0) is 16.0 Å². The lowest BCUT2D eigenvalue weighted by Crippen LogP contribution is -2.30. The molecule has 1 aromatic carbocycles. The molecule has 0 saturated carbocycles. The number of esters is 1. The zero-order valence-electron chi connectivity index (χ0n) is 22.4. The first kappa shape index (κ1) is 26.9. The van der Waals surface area contributed by atoms with Gasteiger partial charge in [0.2, 0.25) is 5.78 Å². The Labute approximate surface area is 212 Å². The maximum Gasteiger partial charge on any atom is 0.311 e. The summed E-state index contributed by atoms with van der Waals surface area (Å²) in [5.41, 5.74) is 1.95. The molecule has 0 fully saturated rings. The van der Waals surface area contributed by atoms with E-state index in [1.807, 2.05) is 39.1 Å². The van der Waals surface area contributed by atoms with E-state index in [9.17, 15) is 19.6 Å². The van der Waals surface area contributed by atoms with E-state index in [-0.39, 0.29) is 23.9 Å². The van der Waals surface area contributed by atoms with Gasteiger partial charge in [-0.15, -0.1) is 0 Å². The molecule has 36 heavy (non-hydrogen) atoms. The van der Waals surface area contributed by atoms with Crippen LogP contribution in [0.15, 0.2) is 42.6 Å². The summed E-state index contributed by atoms with van der Waals surface area (Å²) in [5.74, 6) is -0.645. The van der Waals surface area contributed by atoms with Gasteiger partial charge in [-0.05, 0) is 61.6 Å². The standard InChI is InChI=1S/C30H34N2O4/c1-18(2)20-12-13-32-23(15-20)24(27(34)29(3,4)5)22(16-30(6,7)28(35)36-8)25(32)26(33)21-11-9-10-19(14-21)17-31/h9-15,18H,16H2,1-8H3. The Bertz CT molecular complexity index is 1390. The number of pyridine rings is 1. The molecule has 3 rings (SSSR count). The lowest BCUT2D eigenvalue weighted by Gasteiger charge is -2.24. The predicted molar refractivity (Wildman–Crippen MR) is 139 cm³/mol. The van der Waals surface area contributed by atoms with Crippen LogP contribution in [0.25, 0.3) is 5.52 Å². The molecule has 0 atom stereocenters. The van der Waals surface area contributed by atoms with E-state index >= 15 is 0 Å². The molecular formula is C30H34N2O4. The number of hydrogen-bond acceptors (Lipinski definition) is 5. The van der Waals surface area contributed by atoms with Crippen molar-refractivity contribution in [1.82, 2.24) is 4.40 Å². The molecule has 188 valence electrons. The van der Waals surface area contributed by atoms with Crippen molar-refractivity contribution >= 4 is 23.1 Å². The quantitative estimate of drug-likeness (QED) is 0.296. The molecule has 0 spiro atoms. The van der Waals surface area contributed by atoms with E-state index in [4.69, 9.17) is 4.74 Å². The highest BCUT2D eigenvalue weighted by atomic mass is 16.5. The fraction of sp³-hybridized carbons (Fsp3) is 0.400. The zero-order chi connectivity index (χ0) is 27.0. The van der Waals surface area contributed by atoms with Gasteiger partial charge in [0.25, 0.3) is 0 Å². The summed E-state index contributed by atoms with van der Waals surface area (Å²) >= 11 is 0. The molecule has 6 heteroatoms. The van der Waals surface area contributed by atoms with Crippen LogP contribution in [0, 0.1) is 22.2 Å². The number of fused-ring (bicyclic) bond motifs is 1. The van der Waals surface area contributed by atoms with Gasteiger partial charge in [-0.1, -0.05) is 46.8 Å². The smallest absolute Gasteiger partial charge is 0.311 e. The summed E-state index contributed by atoms with van der Waals surface area (Å²) in [4.78, 5) is 40.6. The molecule has 0 amide bonds.